The predicted octanol–water partition coefficient (Wildman–Crippen LogP) is 3.77. The first-order valence-corrected chi connectivity index (χ1v) is 9.85. The second-order valence-electron chi connectivity index (χ2n) is 7.25. The number of hydrogen-bond acceptors (Lipinski definition) is 4. The molecule has 4 rings (SSSR count). The van der Waals surface area contributed by atoms with Crippen LogP contribution in [0.25, 0.3) is 21.9 Å². The topological polar surface area (TPSA) is 89.6 Å². The highest BCUT2D eigenvalue weighted by molar-refractivity contribution is 5.79. The molecule has 29 heavy (non-hydrogen) atoms. The quantitative estimate of drug-likeness (QED) is 0.468. The van der Waals surface area contributed by atoms with Crippen LogP contribution in [-0.2, 0) is 6.54 Å². The highest BCUT2D eigenvalue weighted by Gasteiger charge is 2.21. The molecule has 0 aliphatic carbocycles. The van der Waals surface area contributed by atoms with Crippen molar-refractivity contribution in [3.63, 3.8) is 0 Å². The van der Waals surface area contributed by atoms with Gasteiger partial charge in [-0.1, -0.05) is 18.2 Å². The van der Waals surface area contributed by atoms with E-state index in [9.17, 15) is 9.18 Å². The number of rotatable bonds is 7. The molecule has 150 valence electrons. The molecule has 0 spiro atoms. The van der Waals surface area contributed by atoms with Crippen LogP contribution in [0.1, 0.15) is 42.4 Å². The summed E-state index contributed by atoms with van der Waals surface area (Å²) in [6, 6.07) is 13.1. The summed E-state index contributed by atoms with van der Waals surface area (Å²) in [6.07, 6.45) is 1.82. The summed E-state index contributed by atoms with van der Waals surface area (Å²) in [6.45, 7) is 1.81. The molecule has 0 amide bonds. The Labute approximate surface area is 167 Å². The molecule has 2 aromatic heterocycles. The maximum atomic E-state index is 12.8. The predicted molar refractivity (Wildman–Crippen MR) is 113 cm³/mol. The van der Waals surface area contributed by atoms with Gasteiger partial charge in [-0.15, -0.1) is 0 Å². The van der Waals surface area contributed by atoms with Crippen LogP contribution in [0.15, 0.2) is 47.3 Å². The average Bonchev–Trinajstić information content (AvgIpc) is 3.17. The number of nitrogens with two attached hydrogens (primary N) is 1. The number of benzene rings is 2. The van der Waals surface area contributed by atoms with E-state index in [1.807, 2.05) is 47.1 Å². The molecule has 3 N–H and O–H groups in total. The third kappa shape index (κ3) is 3.65. The van der Waals surface area contributed by atoms with Crippen molar-refractivity contribution in [2.24, 2.45) is 5.73 Å². The summed E-state index contributed by atoms with van der Waals surface area (Å²) in [5.74, 6) is 0.744. The zero-order chi connectivity index (χ0) is 20.4. The molecular formula is C22H24FN5O. The summed E-state index contributed by atoms with van der Waals surface area (Å²) in [4.78, 5) is 20.7. The first-order chi connectivity index (χ1) is 14.1. The van der Waals surface area contributed by atoms with Crippen molar-refractivity contribution in [2.75, 3.05) is 6.67 Å². The number of nitrogens with zero attached hydrogens (tertiary/aromatic N) is 3. The summed E-state index contributed by atoms with van der Waals surface area (Å²) in [5.41, 5.74) is 9.63. The van der Waals surface area contributed by atoms with Crippen LogP contribution in [0.4, 0.5) is 4.39 Å². The van der Waals surface area contributed by atoms with Gasteiger partial charge in [-0.2, -0.15) is 5.10 Å². The van der Waals surface area contributed by atoms with Crippen molar-refractivity contribution >= 4 is 21.9 Å². The van der Waals surface area contributed by atoms with Crippen LogP contribution in [0.2, 0.25) is 0 Å². The van der Waals surface area contributed by atoms with Gasteiger partial charge >= 0.3 is 0 Å². The number of aromatic nitrogens is 4. The Morgan fingerprint density at radius 2 is 2.03 bits per heavy atom. The number of nitrogens with one attached hydrogen (secondary N) is 1. The molecule has 2 heterocycles. The maximum Gasteiger partial charge on any atom is 0.210 e. The van der Waals surface area contributed by atoms with Crippen LogP contribution in [0.3, 0.4) is 0 Å². The van der Waals surface area contributed by atoms with Gasteiger partial charge in [0.25, 0.3) is 0 Å². The van der Waals surface area contributed by atoms with Crippen molar-refractivity contribution in [3.05, 3.63) is 69.8 Å². The maximum absolute atomic E-state index is 12.8. The van der Waals surface area contributed by atoms with Crippen LogP contribution in [0.5, 0.6) is 0 Å². The lowest BCUT2D eigenvalue weighted by Crippen LogP contribution is -2.22. The van der Waals surface area contributed by atoms with Gasteiger partial charge < -0.3 is 10.7 Å². The number of fused-ring (bicyclic) bond motifs is 2. The van der Waals surface area contributed by atoms with Crippen LogP contribution >= 0.6 is 0 Å². The van der Waals surface area contributed by atoms with Crippen molar-refractivity contribution in [3.8, 4) is 0 Å². The third-order valence-electron chi connectivity index (χ3n) is 5.25. The minimum Gasteiger partial charge on any atom is -0.340 e. The molecule has 0 aliphatic heterocycles. The first kappa shape index (κ1) is 19.3. The lowest BCUT2D eigenvalue weighted by molar-refractivity contribution is 0.413. The average molecular weight is 393 g/mol. The van der Waals surface area contributed by atoms with E-state index in [2.05, 4.69) is 10.1 Å². The van der Waals surface area contributed by atoms with E-state index < -0.39 is 0 Å². The third-order valence-corrected chi connectivity index (χ3v) is 5.25. The fraction of sp³-hybridized carbons (Fsp3) is 0.318. The van der Waals surface area contributed by atoms with Gasteiger partial charge in [0.15, 0.2) is 0 Å². The Morgan fingerprint density at radius 1 is 1.21 bits per heavy atom. The molecule has 0 saturated heterocycles. The van der Waals surface area contributed by atoms with Gasteiger partial charge in [-0.05, 0) is 56.0 Å². The molecule has 2 aromatic carbocycles. The molecule has 0 radical (unpaired) electrons. The molecule has 1 atom stereocenters. The Hall–Kier alpha value is -3.06. The van der Waals surface area contributed by atoms with Gasteiger partial charge in [-0.3, -0.25) is 13.9 Å². The number of unbranched alkanes of at least 4 members (excludes halogenated alkanes) is 1. The molecular weight excluding hydrogens is 369 g/mol. The number of hydrogen-bond donors (Lipinski definition) is 2. The summed E-state index contributed by atoms with van der Waals surface area (Å²) in [5, 5.41) is 5.21. The molecule has 1 unspecified atom stereocenters. The van der Waals surface area contributed by atoms with Gasteiger partial charge in [0.05, 0.1) is 23.2 Å². The van der Waals surface area contributed by atoms with Crippen molar-refractivity contribution in [1.29, 1.82) is 0 Å². The highest BCUT2D eigenvalue weighted by atomic mass is 19.1. The van der Waals surface area contributed by atoms with E-state index in [-0.39, 0.29) is 18.1 Å². The Kier molecular flexibility index (Phi) is 5.40. The standard InChI is InChI=1S/C22H24FN5O/c1-14-21(29)16-6-2-3-7-19(16)28(27-14)20(8-4-5-11-23)22-25-17-10-9-15(13-24)12-18(17)26-22/h2-3,6-7,9-10,12,20H,4-5,8,11,13,24H2,1H3,(H,25,26). The highest BCUT2D eigenvalue weighted by Crippen LogP contribution is 2.27. The summed E-state index contributed by atoms with van der Waals surface area (Å²) in [7, 11) is 0. The second kappa shape index (κ2) is 8.13. The zero-order valence-corrected chi connectivity index (χ0v) is 16.4. The first-order valence-electron chi connectivity index (χ1n) is 9.85. The fourth-order valence-electron chi connectivity index (χ4n) is 3.73. The molecule has 0 fully saturated rings. The van der Waals surface area contributed by atoms with Gasteiger partial charge in [-0.25, -0.2) is 4.98 Å². The van der Waals surface area contributed by atoms with Crippen molar-refractivity contribution in [2.45, 2.75) is 38.8 Å². The number of H-pyrrole nitrogens is 1. The largest absolute Gasteiger partial charge is 0.340 e. The smallest absolute Gasteiger partial charge is 0.210 e. The van der Waals surface area contributed by atoms with E-state index in [0.29, 0.717) is 36.9 Å². The van der Waals surface area contributed by atoms with Gasteiger partial charge in [0.1, 0.15) is 17.6 Å². The monoisotopic (exact) mass is 393 g/mol. The molecule has 4 aromatic rings. The minimum atomic E-state index is -0.357. The van der Waals surface area contributed by atoms with E-state index in [1.54, 1.807) is 6.92 Å². The number of para-hydroxylation sites is 1. The molecule has 6 nitrogen and oxygen atoms in total. The van der Waals surface area contributed by atoms with E-state index in [1.165, 1.54) is 0 Å². The number of alkyl halides is 1. The molecule has 7 heteroatoms. The van der Waals surface area contributed by atoms with Crippen LogP contribution in [0, 0.1) is 6.92 Å². The summed E-state index contributed by atoms with van der Waals surface area (Å²) >= 11 is 0. The van der Waals surface area contributed by atoms with E-state index in [0.717, 1.165) is 27.9 Å². The van der Waals surface area contributed by atoms with Crippen molar-refractivity contribution < 1.29 is 4.39 Å². The lowest BCUT2D eigenvalue weighted by atomic mass is 10.1. The molecule has 0 saturated carbocycles. The lowest BCUT2D eigenvalue weighted by Gasteiger charge is -2.20. The number of aromatic amines is 1. The SMILES string of the molecule is Cc1nn(C(CCCCF)c2nc3ccc(CN)cc3[nH]2)c2ccccc2c1=O. The van der Waals surface area contributed by atoms with Crippen LogP contribution < -0.4 is 11.2 Å². The van der Waals surface area contributed by atoms with E-state index >= 15 is 0 Å². The minimum absolute atomic E-state index is 0.0726. The van der Waals surface area contributed by atoms with Crippen molar-refractivity contribution in [1.82, 2.24) is 19.7 Å². The number of aryl methyl sites for hydroxylation is 1. The number of imidazole rings is 1. The van der Waals surface area contributed by atoms with Gasteiger partial charge in [0.2, 0.25) is 5.43 Å². The fourth-order valence-corrected chi connectivity index (χ4v) is 3.73. The van der Waals surface area contributed by atoms with Gasteiger partial charge in [0, 0.05) is 11.9 Å². The number of halogens is 1. The Balaban J connectivity index is 1.88. The molecule has 0 aliphatic rings. The molecule has 0 bridgehead atoms. The van der Waals surface area contributed by atoms with Crippen LogP contribution in [-0.4, -0.2) is 26.4 Å². The second-order valence-corrected chi connectivity index (χ2v) is 7.25. The zero-order valence-electron chi connectivity index (χ0n) is 16.4. The Morgan fingerprint density at radius 3 is 2.83 bits per heavy atom. The van der Waals surface area contributed by atoms with E-state index in [4.69, 9.17) is 10.7 Å². The summed E-state index contributed by atoms with van der Waals surface area (Å²) < 4.78 is 14.6. The Bertz CT molecular complexity index is 1210. The normalized spacial score (nSPS) is 12.7.